The standard InChI is InChI=1S/C11H8ClN5OS/c1-17-11(14-15-16-17)13-10(18)9-8(12)6-4-2-3-5-7(6)19-9/h2-5H,1H3,(H,13,14,16,18). The molecule has 0 atom stereocenters. The van der Waals surface area contributed by atoms with E-state index in [1.807, 2.05) is 24.3 Å². The molecule has 0 radical (unpaired) electrons. The Labute approximate surface area is 117 Å². The number of fused-ring (bicyclic) bond motifs is 1. The minimum Gasteiger partial charge on any atom is -0.288 e. The van der Waals surface area contributed by atoms with Crippen LogP contribution in [0.5, 0.6) is 0 Å². The van der Waals surface area contributed by atoms with Gasteiger partial charge >= 0.3 is 0 Å². The van der Waals surface area contributed by atoms with E-state index in [4.69, 9.17) is 11.6 Å². The molecule has 0 unspecified atom stereocenters. The lowest BCUT2D eigenvalue weighted by Crippen LogP contribution is -2.14. The number of amides is 1. The number of rotatable bonds is 2. The van der Waals surface area contributed by atoms with Gasteiger partial charge in [0, 0.05) is 17.1 Å². The number of nitrogens with one attached hydrogen (secondary N) is 1. The number of hydrogen-bond acceptors (Lipinski definition) is 5. The zero-order chi connectivity index (χ0) is 13.4. The molecule has 96 valence electrons. The highest BCUT2D eigenvalue weighted by Gasteiger charge is 2.18. The van der Waals surface area contributed by atoms with Crippen LogP contribution >= 0.6 is 22.9 Å². The Morgan fingerprint density at radius 2 is 2.21 bits per heavy atom. The van der Waals surface area contributed by atoms with Gasteiger partial charge in [-0.05, 0) is 16.5 Å². The third-order valence-electron chi connectivity index (χ3n) is 2.59. The zero-order valence-corrected chi connectivity index (χ0v) is 11.4. The molecule has 0 saturated carbocycles. The van der Waals surface area contributed by atoms with Crippen LogP contribution in [0.4, 0.5) is 5.95 Å². The fourth-order valence-electron chi connectivity index (χ4n) is 1.65. The topological polar surface area (TPSA) is 72.7 Å². The molecule has 1 aromatic carbocycles. The molecule has 3 rings (SSSR count). The minimum absolute atomic E-state index is 0.276. The van der Waals surface area contributed by atoms with Crippen molar-refractivity contribution < 1.29 is 4.79 Å². The van der Waals surface area contributed by atoms with Crippen molar-refractivity contribution in [3.8, 4) is 0 Å². The monoisotopic (exact) mass is 293 g/mol. The van der Waals surface area contributed by atoms with E-state index in [1.165, 1.54) is 16.0 Å². The number of anilines is 1. The van der Waals surface area contributed by atoms with Gasteiger partial charge in [-0.15, -0.1) is 11.3 Å². The van der Waals surface area contributed by atoms with Crippen LogP contribution in [0, 0.1) is 0 Å². The number of hydrogen-bond donors (Lipinski definition) is 1. The third-order valence-corrected chi connectivity index (χ3v) is 4.26. The molecule has 0 aliphatic heterocycles. The summed E-state index contributed by atoms with van der Waals surface area (Å²) in [7, 11) is 1.64. The fraction of sp³-hybridized carbons (Fsp3) is 0.0909. The van der Waals surface area contributed by atoms with Crippen LogP contribution in [0.25, 0.3) is 10.1 Å². The number of nitrogens with zero attached hydrogens (tertiary/aromatic N) is 4. The third kappa shape index (κ3) is 2.06. The van der Waals surface area contributed by atoms with Gasteiger partial charge in [0.25, 0.3) is 5.91 Å². The second-order valence-electron chi connectivity index (χ2n) is 3.82. The summed E-state index contributed by atoms with van der Waals surface area (Å²) in [6.07, 6.45) is 0. The van der Waals surface area contributed by atoms with E-state index in [0.717, 1.165) is 10.1 Å². The van der Waals surface area contributed by atoms with Crippen LogP contribution < -0.4 is 5.32 Å². The minimum atomic E-state index is -0.316. The molecule has 1 amide bonds. The van der Waals surface area contributed by atoms with Gasteiger partial charge in [-0.1, -0.05) is 34.9 Å². The number of aryl methyl sites for hydroxylation is 1. The fourth-order valence-corrected chi connectivity index (χ4v) is 3.07. The average Bonchev–Trinajstić information content (AvgIpc) is 2.95. The zero-order valence-electron chi connectivity index (χ0n) is 9.79. The first-order valence-corrected chi connectivity index (χ1v) is 6.57. The molecule has 19 heavy (non-hydrogen) atoms. The van der Waals surface area contributed by atoms with Gasteiger partial charge in [-0.3, -0.25) is 10.1 Å². The van der Waals surface area contributed by atoms with Gasteiger partial charge in [0.2, 0.25) is 5.95 Å². The summed E-state index contributed by atoms with van der Waals surface area (Å²) in [5, 5.41) is 14.7. The number of tetrazole rings is 1. The summed E-state index contributed by atoms with van der Waals surface area (Å²) in [6.45, 7) is 0. The molecular formula is C11H8ClN5OS. The van der Waals surface area contributed by atoms with Crippen molar-refractivity contribution in [3.63, 3.8) is 0 Å². The Morgan fingerprint density at radius 1 is 1.42 bits per heavy atom. The first-order chi connectivity index (χ1) is 9.16. The van der Waals surface area contributed by atoms with E-state index in [0.29, 0.717) is 9.90 Å². The number of aromatic nitrogens is 4. The molecule has 1 N–H and O–H groups in total. The number of thiophene rings is 1. The molecule has 0 aliphatic rings. The van der Waals surface area contributed by atoms with Crippen LogP contribution in [-0.4, -0.2) is 26.1 Å². The highest BCUT2D eigenvalue weighted by Crippen LogP contribution is 2.35. The van der Waals surface area contributed by atoms with Gasteiger partial charge < -0.3 is 0 Å². The molecule has 8 heteroatoms. The van der Waals surface area contributed by atoms with Gasteiger partial charge in [0.1, 0.15) is 4.88 Å². The van der Waals surface area contributed by atoms with E-state index in [1.54, 1.807) is 7.05 Å². The highest BCUT2D eigenvalue weighted by atomic mass is 35.5. The van der Waals surface area contributed by atoms with E-state index in [-0.39, 0.29) is 11.9 Å². The largest absolute Gasteiger partial charge is 0.288 e. The normalized spacial score (nSPS) is 10.8. The van der Waals surface area contributed by atoms with Crippen LogP contribution in [0.15, 0.2) is 24.3 Å². The summed E-state index contributed by atoms with van der Waals surface area (Å²) in [5.74, 6) is -0.0392. The van der Waals surface area contributed by atoms with Crippen molar-refractivity contribution in [1.82, 2.24) is 20.2 Å². The molecule has 2 heterocycles. The highest BCUT2D eigenvalue weighted by molar-refractivity contribution is 7.21. The summed E-state index contributed by atoms with van der Waals surface area (Å²) < 4.78 is 2.34. The summed E-state index contributed by atoms with van der Waals surface area (Å²) >= 11 is 7.56. The SMILES string of the molecule is Cn1nnnc1NC(=O)c1sc2ccccc2c1Cl. The number of halogens is 1. The first kappa shape index (κ1) is 12.1. The second-order valence-corrected chi connectivity index (χ2v) is 5.25. The Morgan fingerprint density at radius 3 is 2.89 bits per heavy atom. The second kappa shape index (κ2) is 4.60. The van der Waals surface area contributed by atoms with Crippen molar-refractivity contribution in [2.24, 2.45) is 7.05 Å². The Hall–Kier alpha value is -1.99. The van der Waals surface area contributed by atoms with Crippen LogP contribution in [0.1, 0.15) is 9.67 Å². The van der Waals surface area contributed by atoms with Gasteiger partial charge in [0.15, 0.2) is 0 Å². The van der Waals surface area contributed by atoms with Gasteiger partial charge in [-0.2, -0.15) is 0 Å². The predicted molar refractivity (Wildman–Crippen MR) is 73.6 cm³/mol. The van der Waals surface area contributed by atoms with E-state index in [9.17, 15) is 4.79 Å². The van der Waals surface area contributed by atoms with Gasteiger partial charge in [0.05, 0.1) is 5.02 Å². The van der Waals surface area contributed by atoms with Crippen molar-refractivity contribution >= 4 is 44.9 Å². The Kier molecular flexibility index (Phi) is 2.92. The van der Waals surface area contributed by atoms with E-state index < -0.39 is 0 Å². The van der Waals surface area contributed by atoms with Crippen LogP contribution in [-0.2, 0) is 7.05 Å². The molecule has 0 saturated heterocycles. The number of carbonyl (C=O) groups excluding carboxylic acids is 1. The number of benzene rings is 1. The van der Waals surface area contributed by atoms with Crippen molar-refractivity contribution in [1.29, 1.82) is 0 Å². The molecule has 0 bridgehead atoms. The van der Waals surface area contributed by atoms with Crippen LogP contribution in [0.3, 0.4) is 0 Å². The van der Waals surface area contributed by atoms with E-state index >= 15 is 0 Å². The lowest BCUT2D eigenvalue weighted by molar-refractivity contribution is 0.102. The molecule has 3 aromatic rings. The van der Waals surface area contributed by atoms with Crippen LogP contribution in [0.2, 0.25) is 5.02 Å². The van der Waals surface area contributed by atoms with E-state index in [2.05, 4.69) is 20.8 Å². The average molecular weight is 294 g/mol. The quantitative estimate of drug-likeness (QED) is 0.787. The van der Waals surface area contributed by atoms with Crippen molar-refractivity contribution in [2.75, 3.05) is 5.32 Å². The predicted octanol–water partition coefficient (Wildman–Crippen LogP) is 2.33. The molecule has 2 aromatic heterocycles. The lowest BCUT2D eigenvalue weighted by atomic mass is 10.2. The molecule has 6 nitrogen and oxygen atoms in total. The van der Waals surface area contributed by atoms with Crippen molar-refractivity contribution in [2.45, 2.75) is 0 Å². The first-order valence-electron chi connectivity index (χ1n) is 5.37. The Bertz CT molecular complexity index is 765. The smallest absolute Gasteiger partial charge is 0.269 e. The molecule has 0 aliphatic carbocycles. The molecule has 0 fully saturated rings. The molecule has 0 spiro atoms. The summed E-state index contributed by atoms with van der Waals surface area (Å²) in [4.78, 5) is 12.6. The summed E-state index contributed by atoms with van der Waals surface area (Å²) in [6, 6.07) is 7.60. The van der Waals surface area contributed by atoms with Gasteiger partial charge in [-0.25, -0.2) is 4.68 Å². The summed E-state index contributed by atoms with van der Waals surface area (Å²) in [5.41, 5.74) is 0. The number of carbonyl (C=O) groups is 1. The maximum Gasteiger partial charge on any atom is 0.269 e. The molecular weight excluding hydrogens is 286 g/mol. The Balaban J connectivity index is 1.98. The maximum atomic E-state index is 12.2. The lowest BCUT2D eigenvalue weighted by Gasteiger charge is -2.00. The maximum absolute atomic E-state index is 12.2. The van der Waals surface area contributed by atoms with Crippen molar-refractivity contribution in [3.05, 3.63) is 34.2 Å².